The van der Waals surface area contributed by atoms with Crippen LogP contribution in [-0.2, 0) is 0 Å². The van der Waals surface area contributed by atoms with Gasteiger partial charge in [0.25, 0.3) is 0 Å². The Labute approximate surface area is 111 Å². The van der Waals surface area contributed by atoms with Crippen molar-refractivity contribution in [2.75, 3.05) is 17.6 Å². The highest BCUT2D eigenvalue weighted by atomic mass is 79.9. The van der Waals surface area contributed by atoms with Crippen molar-refractivity contribution in [1.29, 1.82) is 0 Å². The van der Waals surface area contributed by atoms with Crippen molar-refractivity contribution >= 4 is 27.4 Å². The number of rotatable bonds is 4. The zero-order valence-corrected chi connectivity index (χ0v) is 11.5. The summed E-state index contributed by atoms with van der Waals surface area (Å²) >= 11 is 3.45. The minimum absolute atomic E-state index is 0.678. The number of anilines is 2. The first kappa shape index (κ1) is 12.4. The summed E-state index contributed by atoms with van der Waals surface area (Å²) in [6, 6.07) is 1.87. The van der Waals surface area contributed by atoms with Crippen molar-refractivity contribution in [3.63, 3.8) is 0 Å². The standard InChI is InChI=1S/C13H18BrN3/c14-12-8-11(15)9-17-13(12)16-7-6-10-4-2-1-3-5-10/h4,8-9H,1-3,5-7,15H2,(H,16,17). The molecule has 1 aliphatic rings. The normalized spacial score (nSPS) is 15.5. The quantitative estimate of drug-likeness (QED) is 0.832. The highest BCUT2D eigenvalue weighted by Crippen LogP contribution is 2.23. The van der Waals surface area contributed by atoms with E-state index in [0.717, 1.165) is 23.3 Å². The minimum atomic E-state index is 0.678. The number of nitrogen functional groups attached to an aromatic ring is 1. The molecule has 2 rings (SSSR count). The van der Waals surface area contributed by atoms with Gasteiger partial charge in [-0.15, -0.1) is 0 Å². The number of nitrogens with zero attached hydrogens (tertiary/aromatic N) is 1. The first-order valence-corrected chi connectivity index (χ1v) is 6.88. The van der Waals surface area contributed by atoms with Gasteiger partial charge in [-0.2, -0.15) is 0 Å². The molecule has 0 unspecified atom stereocenters. The predicted molar refractivity (Wildman–Crippen MR) is 76.0 cm³/mol. The second-order valence-corrected chi connectivity index (χ2v) is 5.24. The number of nitrogens with two attached hydrogens (primary N) is 1. The SMILES string of the molecule is Nc1cnc(NCCC2=CCCCC2)c(Br)c1. The summed E-state index contributed by atoms with van der Waals surface area (Å²) in [6.45, 7) is 0.932. The molecule has 3 nitrogen and oxygen atoms in total. The number of pyridine rings is 1. The monoisotopic (exact) mass is 295 g/mol. The number of nitrogens with one attached hydrogen (secondary N) is 1. The molecule has 0 spiro atoms. The van der Waals surface area contributed by atoms with Gasteiger partial charge in [0.05, 0.1) is 16.4 Å². The fourth-order valence-corrected chi connectivity index (χ4v) is 2.56. The van der Waals surface area contributed by atoms with Gasteiger partial charge in [-0.05, 0) is 54.1 Å². The van der Waals surface area contributed by atoms with Gasteiger partial charge in [-0.1, -0.05) is 11.6 Å². The number of hydrogen-bond acceptors (Lipinski definition) is 3. The third-order valence-electron chi connectivity index (χ3n) is 2.99. The minimum Gasteiger partial charge on any atom is -0.397 e. The summed E-state index contributed by atoms with van der Waals surface area (Å²) in [5.74, 6) is 0.871. The van der Waals surface area contributed by atoms with E-state index in [1.807, 2.05) is 6.07 Å². The molecule has 0 bridgehead atoms. The van der Waals surface area contributed by atoms with Crippen molar-refractivity contribution in [1.82, 2.24) is 4.98 Å². The topological polar surface area (TPSA) is 50.9 Å². The molecule has 0 fully saturated rings. The molecule has 1 aromatic rings. The van der Waals surface area contributed by atoms with Crippen LogP contribution in [0.2, 0.25) is 0 Å². The Hall–Kier alpha value is -1.03. The van der Waals surface area contributed by atoms with E-state index < -0.39 is 0 Å². The number of allylic oxidation sites excluding steroid dienone is 1. The van der Waals surface area contributed by atoms with E-state index in [2.05, 4.69) is 32.3 Å². The lowest BCUT2D eigenvalue weighted by Crippen LogP contribution is -2.06. The molecule has 0 saturated carbocycles. The van der Waals surface area contributed by atoms with Crippen LogP contribution in [0.5, 0.6) is 0 Å². The van der Waals surface area contributed by atoms with Crippen LogP contribution in [-0.4, -0.2) is 11.5 Å². The maximum Gasteiger partial charge on any atom is 0.140 e. The first-order chi connectivity index (χ1) is 8.25. The second kappa shape index (κ2) is 6.05. The Morgan fingerprint density at radius 3 is 3.00 bits per heavy atom. The Morgan fingerprint density at radius 1 is 1.41 bits per heavy atom. The lowest BCUT2D eigenvalue weighted by Gasteiger charge is -2.13. The van der Waals surface area contributed by atoms with Crippen LogP contribution >= 0.6 is 15.9 Å². The van der Waals surface area contributed by atoms with Gasteiger partial charge < -0.3 is 11.1 Å². The Bertz CT molecular complexity index is 415. The Balaban J connectivity index is 1.83. The van der Waals surface area contributed by atoms with Crippen LogP contribution in [0.4, 0.5) is 11.5 Å². The third kappa shape index (κ3) is 3.73. The Kier molecular flexibility index (Phi) is 4.42. The van der Waals surface area contributed by atoms with Gasteiger partial charge in [0.15, 0.2) is 0 Å². The number of hydrogen-bond donors (Lipinski definition) is 2. The summed E-state index contributed by atoms with van der Waals surface area (Å²) in [5.41, 5.74) is 7.90. The Morgan fingerprint density at radius 2 is 2.29 bits per heavy atom. The largest absolute Gasteiger partial charge is 0.397 e. The molecular weight excluding hydrogens is 278 g/mol. The molecule has 3 N–H and O–H groups in total. The molecule has 0 saturated heterocycles. The van der Waals surface area contributed by atoms with Crippen LogP contribution in [0.15, 0.2) is 28.4 Å². The van der Waals surface area contributed by atoms with Crippen molar-refractivity contribution < 1.29 is 0 Å². The van der Waals surface area contributed by atoms with Crippen LogP contribution in [0.3, 0.4) is 0 Å². The maximum absolute atomic E-state index is 5.64. The molecule has 1 heterocycles. The molecular formula is C13H18BrN3. The van der Waals surface area contributed by atoms with Gasteiger partial charge >= 0.3 is 0 Å². The van der Waals surface area contributed by atoms with Crippen molar-refractivity contribution in [2.45, 2.75) is 32.1 Å². The van der Waals surface area contributed by atoms with Crippen LogP contribution in [0.25, 0.3) is 0 Å². The molecule has 0 aliphatic heterocycles. The molecule has 1 aliphatic carbocycles. The molecule has 0 amide bonds. The average molecular weight is 296 g/mol. The summed E-state index contributed by atoms with van der Waals surface area (Å²) < 4.78 is 0.926. The molecule has 1 aromatic heterocycles. The van der Waals surface area contributed by atoms with E-state index in [1.165, 1.54) is 25.7 Å². The second-order valence-electron chi connectivity index (χ2n) is 4.38. The molecule has 0 atom stereocenters. The maximum atomic E-state index is 5.64. The average Bonchev–Trinajstić information content (AvgIpc) is 2.33. The molecule has 92 valence electrons. The van der Waals surface area contributed by atoms with Crippen molar-refractivity contribution in [3.05, 3.63) is 28.4 Å². The van der Waals surface area contributed by atoms with Crippen LogP contribution in [0, 0.1) is 0 Å². The summed E-state index contributed by atoms with van der Waals surface area (Å²) in [5, 5.41) is 3.33. The van der Waals surface area contributed by atoms with E-state index in [9.17, 15) is 0 Å². The fraction of sp³-hybridized carbons (Fsp3) is 0.462. The van der Waals surface area contributed by atoms with Gasteiger partial charge in [-0.25, -0.2) is 4.98 Å². The summed E-state index contributed by atoms with van der Waals surface area (Å²) in [6.07, 6.45) is 10.4. The molecule has 4 heteroatoms. The zero-order valence-electron chi connectivity index (χ0n) is 9.88. The van der Waals surface area contributed by atoms with Crippen LogP contribution < -0.4 is 11.1 Å². The fourth-order valence-electron chi connectivity index (χ4n) is 2.06. The first-order valence-electron chi connectivity index (χ1n) is 6.08. The summed E-state index contributed by atoms with van der Waals surface area (Å²) in [7, 11) is 0. The lowest BCUT2D eigenvalue weighted by atomic mass is 9.97. The molecule has 0 aromatic carbocycles. The molecule has 17 heavy (non-hydrogen) atoms. The van der Waals surface area contributed by atoms with Gasteiger partial charge in [0, 0.05) is 6.54 Å². The summed E-state index contributed by atoms with van der Waals surface area (Å²) in [4.78, 5) is 4.26. The van der Waals surface area contributed by atoms with Crippen molar-refractivity contribution in [3.8, 4) is 0 Å². The zero-order chi connectivity index (χ0) is 12.1. The number of aromatic nitrogens is 1. The predicted octanol–water partition coefficient (Wildman–Crippen LogP) is 3.73. The smallest absolute Gasteiger partial charge is 0.140 e. The van der Waals surface area contributed by atoms with E-state index in [0.29, 0.717) is 5.69 Å². The van der Waals surface area contributed by atoms with E-state index in [4.69, 9.17) is 5.73 Å². The lowest BCUT2D eigenvalue weighted by molar-refractivity contribution is 0.679. The van der Waals surface area contributed by atoms with Gasteiger partial charge in [-0.3, -0.25) is 0 Å². The highest BCUT2D eigenvalue weighted by Gasteiger charge is 2.05. The molecule has 0 radical (unpaired) electrons. The third-order valence-corrected chi connectivity index (χ3v) is 3.59. The number of halogens is 1. The van der Waals surface area contributed by atoms with E-state index in [1.54, 1.807) is 11.8 Å². The highest BCUT2D eigenvalue weighted by molar-refractivity contribution is 9.10. The van der Waals surface area contributed by atoms with E-state index >= 15 is 0 Å². The van der Waals surface area contributed by atoms with E-state index in [-0.39, 0.29) is 0 Å². The van der Waals surface area contributed by atoms with Crippen molar-refractivity contribution in [2.24, 2.45) is 0 Å². The van der Waals surface area contributed by atoms with Gasteiger partial charge in [0.2, 0.25) is 0 Å². The van der Waals surface area contributed by atoms with Gasteiger partial charge in [0.1, 0.15) is 5.82 Å². The van der Waals surface area contributed by atoms with Crippen LogP contribution in [0.1, 0.15) is 32.1 Å².